The molecule has 0 radical (unpaired) electrons. The van der Waals surface area contributed by atoms with Crippen molar-refractivity contribution in [1.29, 1.82) is 0 Å². The smallest absolute Gasteiger partial charge is 0.192 e. The van der Waals surface area contributed by atoms with Gasteiger partial charge in [0.05, 0.1) is 12.2 Å². The van der Waals surface area contributed by atoms with Gasteiger partial charge in [-0.2, -0.15) is 0 Å². The van der Waals surface area contributed by atoms with E-state index >= 15 is 0 Å². The molecule has 0 bridgehead atoms. The molecule has 0 aliphatic rings. The van der Waals surface area contributed by atoms with Crippen LogP contribution in [0.3, 0.4) is 0 Å². The van der Waals surface area contributed by atoms with E-state index in [9.17, 15) is 9.90 Å². The summed E-state index contributed by atoms with van der Waals surface area (Å²) in [5.41, 5.74) is 1.15. The number of aliphatic hydroxyl groups is 1. The largest absolute Gasteiger partial charge is 0.410 e. The number of rotatable bonds is 11. The van der Waals surface area contributed by atoms with Crippen molar-refractivity contribution in [2.24, 2.45) is 17.8 Å². The number of aliphatic hydroxyl groups excluding tert-OH is 1. The maximum atomic E-state index is 13.1. The van der Waals surface area contributed by atoms with Crippen LogP contribution in [0.4, 0.5) is 0 Å². The maximum Gasteiger partial charge on any atom is 0.192 e. The van der Waals surface area contributed by atoms with E-state index in [1.807, 2.05) is 20.8 Å². The van der Waals surface area contributed by atoms with Crippen LogP contribution in [0.5, 0.6) is 0 Å². The fourth-order valence-corrected chi connectivity index (χ4v) is 4.65. The highest BCUT2D eigenvalue weighted by atomic mass is 28.4. The van der Waals surface area contributed by atoms with Crippen LogP contribution >= 0.6 is 0 Å². The van der Waals surface area contributed by atoms with Crippen LogP contribution in [0.1, 0.15) is 81.6 Å². The molecule has 0 saturated heterocycles. The molecule has 160 valence electrons. The molecule has 0 saturated carbocycles. The van der Waals surface area contributed by atoms with Crippen LogP contribution in [-0.2, 0) is 9.22 Å². The first-order valence-corrected chi connectivity index (χ1v) is 13.7. The Kier molecular flexibility index (Phi) is 10.7. The molecular formula is C23H46O3Si. The minimum absolute atomic E-state index is 0.0812. The molecule has 0 spiro atoms. The quantitative estimate of drug-likeness (QED) is 0.325. The predicted octanol–water partition coefficient (Wildman–Crippen LogP) is 6.37. The van der Waals surface area contributed by atoms with Gasteiger partial charge in [0.15, 0.2) is 8.32 Å². The highest BCUT2D eigenvalue weighted by Gasteiger charge is 2.42. The number of ketones is 1. The van der Waals surface area contributed by atoms with Gasteiger partial charge in [0.1, 0.15) is 5.78 Å². The van der Waals surface area contributed by atoms with E-state index in [-0.39, 0.29) is 28.8 Å². The highest BCUT2D eigenvalue weighted by Crippen LogP contribution is 2.39. The summed E-state index contributed by atoms with van der Waals surface area (Å²) in [5.74, 6) is -0.0535. The van der Waals surface area contributed by atoms with E-state index in [1.165, 1.54) is 0 Å². The van der Waals surface area contributed by atoms with Crippen LogP contribution in [0.15, 0.2) is 11.6 Å². The molecule has 1 N–H and O–H groups in total. The third-order valence-corrected chi connectivity index (χ3v) is 10.8. The minimum Gasteiger partial charge on any atom is -0.410 e. The van der Waals surface area contributed by atoms with Crippen LogP contribution in [-0.4, -0.2) is 31.4 Å². The number of carbonyl (C=O) groups excluding carboxylic acids is 1. The molecule has 27 heavy (non-hydrogen) atoms. The van der Waals surface area contributed by atoms with Crippen molar-refractivity contribution < 1.29 is 14.3 Å². The second-order valence-corrected chi connectivity index (χ2v) is 14.7. The summed E-state index contributed by atoms with van der Waals surface area (Å²) in [7, 11) is -2.03. The van der Waals surface area contributed by atoms with Gasteiger partial charge < -0.3 is 9.53 Å². The van der Waals surface area contributed by atoms with Gasteiger partial charge in [-0.1, -0.05) is 67.9 Å². The van der Waals surface area contributed by atoms with E-state index in [0.29, 0.717) is 12.3 Å². The Bertz CT molecular complexity index is 490. The monoisotopic (exact) mass is 398 g/mol. The Hall–Kier alpha value is -0.453. The lowest BCUT2D eigenvalue weighted by atomic mass is 9.84. The summed E-state index contributed by atoms with van der Waals surface area (Å²) in [5, 5.41) is 10.3. The van der Waals surface area contributed by atoms with E-state index in [2.05, 4.69) is 60.7 Å². The summed E-state index contributed by atoms with van der Waals surface area (Å²) in [6.45, 7) is 23.4. The van der Waals surface area contributed by atoms with Crippen LogP contribution in [0.25, 0.3) is 0 Å². The number of allylic oxidation sites excluding steroid dienone is 1. The molecule has 0 amide bonds. The van der Waals surface area contributed by atoms with Crippen molar-refractivity contribution in [3.8, 4) is 0 Å². The van der Waals surface area contributed by atoms with Gasteiger partial charge >= 0.3 is 0 Å². The standard InChI is InChI=1S/C23H46O3Si/c1-12-14-16(3)15-17(4)22(26-27(10,11)23(7,8)9)19(6)21(25)18(5)20(24)13-2/h15-16,18-20,22,24H,12-14H2,1-11H3/b17-15+/t16-,18-,19+,20+,22-/m1/s1. The fourth-order valence-electron chi connectivity index (χ4n) is 3.27. The van der Waals surface area contributed by atoms with E-state index < -0.39 is 14.4 Å². The van der Waals surface area contributed by atoms with Gasteiger partial charge in [-0.25, -0.2) is 0 Å². The molecule has 0 aliphatic carbocycles. The number of carbonyl (C=O) groups is 1. The summed E-state index contributed by atoms with van der Waals surface area (Å²) in [6, 6.07) is 0. The summed E-state index contributed by atoms with van der Waals surface area (Å²) >= 11 is 0. The summed E-state index contributed by atoms with van der Waals surface area (Å²) in [4.78, 5) is 13.1. The number of Topliss-reactive ketones (excluding diaryl/α,β-unsaturated/α-hetero) is 1. The van der Waals surface area contributed by atoms with E-state index in [0.717, 1.165) is 18.4 Å². The average Bonchev–Trinajstić information content (AvgIpc) is 2.55. The first-order valence-electron chi connectivity index (χ1n) is 10.8. The highest BCUT2D eigenvalue weighted by molar-refractivity contribution is 6.74. The normalized spacial score (nSPS) is 19.3. The third-order valence-electron chi connectivity index (χ3n) is 6.32. The predicted molar refractivity (Wildman–Crippen MR) is 120 cm³/mol. The molecule has 0 rings (SSSR count). The topological polar surface area (TPSA) is 46.5 Å². The van der Waals surface area contributed by atoms with Crippen molar-refractivity contribution in [2.45, 2.75) is 112 Å². The zero-order valence-electron chi connectivity index (χ0n) is 19.8. The lowest BCUT2D eigenvalue weighted by molar-refractivity contribution is -0.131. The second-order valence-electron chi connectivity index (χ2n) is 9.93. The van der Waals surface area contributed by atoms with Crippen LogP contribution in [0.2, 0.25) is 18.1 Å². The maximum absolute atomic E-state index is 13.1. The lowest BCUT2D eigenvalue weighted by Crippen LogP contribution is -2.48. The Morgan fingerprint density at radius 1 is 1.11 bits per heavy atom. The van der Waals surface area contributed by atoms with Gasteiger partial charge in [0, 0.05) is 11.8 Å². The molecule has 3 nitrogen and oxygen atoms in total. The zero-order chi connectivity index (χ0) is 21.6. The average molecular weight is 399 g/mol. The molecule has 0 unspecified atom stereocenters. The third kappa shape index (κ3) is 7.82. The molecule has 0 heterocycles. The van der Waals surface area contributed by atoms with E-state index in [1.54, 1.807) is 0 Å². The Morgan fingerprint density at radius 2 is 1.63 bits per heavy atom. The Morgan fingerprint density at radius 3 is 2.04 bits per heavy atom. The minimum atomic E-state index is -2.03. The van der Waals surface area contributed by atoms with Gasteiger partial charge in [0.25, 0.3) is 0 Å². The Labute approximate surface area is 170 Å². The fraction of sp³-hybridized carbons (Fsp3) is 0.870. The summed E-state index contributed by atoms with van der Waals surface area (Å²) < 4.78 is 6.76. The second kappa shape index (κ2) is 10.9. The molecule has 4 heteroatoms. The molecular weight excluding hydrogens is 352 g/mol. The van der Waals surface area contributed by atoms with Crippen molar-refractivity contribution in [3.05, 3.63) is 11.6 Å². The number of hydrogen-bond acceptors (Lipinski definition) is 3. The molecule has 0 aromatic heterocycles. The Balaban J connectivity index is 5.80. The van der Waals surface area contributed by atoms with Gasteiger partial charge in [-0.05, 0) is 49.4 Å². The first kappa shape index (κ1) is 26.5. The van der Waals surface area contributed by atoms with Crippen molar-refractivity contribution in [3.63, 3.8) is 0 Å². The molecule has 0 aromatic rings. The molecule has 5 atom stereocenters. The van der Waals surface area contributed by atoms with Gasteiger partial charge in [0.2, 0.25) is 0 Å². The zero-order valence-corrected chi connectivity index (χ0v) is 20.8. The van der Waals surface area contributed by atoms with Crippen LogP contribution in [0, 0.1) is 17.8 Å². The van der Waals surface area contributed by atoms with Crippen molar-refractivity contribution >= 4 is 14.1 Å². The van der Waals surface area contributed by atoms with Gasteiger partial charge in [-0.3, -0.25) is 4.79 Å². The molecule has 0 aliphatic heterocycles. The van der Waals surface area contributed by atoms with Gasteiger partial charge in [-0.15, -0.1) is 0 Å². The van der Waals surface area contributed by atoms with Crippen molar-refractivity contribution in [1.82, 2.24) is 0 Å². The lowest BCUT2D eigenvalue weighted by Gasteiger charge is -2.41. The van der Waals surface area contributed by atoms with E-state index in [4.69, 9.17) is 4.43 Å². The summed E-state index contributed by atoms with van der Waals surface area (Å²) in [6.07, 6.45) is 4.35. The number of hydrogen-bond donors (Lipinski definition) is 1. The molecule has 0 fully saturated rings. The van der Waals surface area contributed by atoms with Crippen molar-refractivity contribution in [2.75, 3.05) is 0 Å². The SMILES string of the molecule is CCC[C@@H](C)/C=C(\C)[C@@H](O[Si](C)(C)C(C)(C)C)[C@@H](C)C(=O)[C@H](C)[C@@H](O)CC. The first-order chi connectivity index (χ1) is 12.2. The van der Waals surface area contributed by atoms with Crippen LogP contribution < -0.4 is 0 Å². The molecule has 0 aromatic carbocycles.